The number of amides is 1. The van der Waals surface area contributed by atoms with Crippen LogP contribution in [0.3, 0.4) is 0 Å². The lowest BCUT2D eigenvalue weighted by molar-refractivity contribution is 0.102. The van der Waals surface area contributed by atoms with Gasteiger partial charge >= 0.3 is 0 Å². The van der Waals surface area contributed by atoms with Crippen molar-refractivity contribution in [2.45, 2.75) is 0 Å². The zero-order valence-electron chi connectivity index (χ0n) is 20.2. The largest absolute Gasteiger partial charge is 0.298 e. The normalized spacial score (nSPS) is 10.8. The number of carbonyl (C=O) groups excluding carboxylic acids is 2. The number of anilines is 1. The summed E-state index contributed by atoms with van der Waals surface area (Å²) in [7, 11) is 0. The molecule has 0 atom stereocenters. The third kappa shape index (κ3) is 4.61. The molecule has 5 nitrogen and oxygen atoms in total. The Morgan fingerprint density at radius 2 is 1.26 bits per heavy atom. The van der Waals surface area contributed by atoms with Crippen molar-refractivity contribution in [2.24, 2.45) is 0 Å². The maximum atomic E-state index is 13.7. The smallest absolute Gasteiger partial charge is 0.258 e. The van der Waals surface area contributed by atoms with Crippen LogP contribution in [0.1, 0.15) is 25.6 Å². The summed E-state index contributed by atoms with van der Waals surface area (Å²) >= 11 is 1.18. The Balaban J connectivity index is 1.41. The number of carbonyl (C=O) groups is 2. The van der Waals surface area contributed by atoms with Gasteiger partial charge in [-0.15, -0.1) is 0 Å². The molecule has 0 aliphatic rings. The number of hydrogen-bond acceptors (Lipinski definition) is 5. The van der Waals surface area contributed by atoms with Crippen LogP contribution in [0, 0.1) is 0 Å². The molecule has 6 rings (SSSR count). The maximum Gasteiger partial charge on any atom is 0.258 e. The van der Waals surface area contributed by atoms with E-state index in [1.807, 2.05) is 103 Å². The highest BCUT2D eigenvalue weighted by atomic mass is 32.1. The standard InChI is InChI=1S/C32H21N3O2S/c36-29(23-16-8-3-9-17-23)30-28(22-14-6-2-7-15-22)34-32(38-30)35-31(37)25-20-27(21-12-4-1-5-13-21)33-26-19-11-10-18-24(25)26/h1-20H,(H,34,35,37). The fourth-order valence-electron chi connectivity index (χ4n) is 4.32. The molecule has 0 saturated heterocycles. The lowest BCUT2D eigenvalue weighted by Crippen LogP contribution is -2.13. The number of benzene rings is 4. The van der Waals surface area contributed by atoms with Crippen LogP contribution in [0.5, 0.6) is 0 Å². The van der Waals surface area contributed by atoms with Crippen LogP contribution in [0.15, 0.2) is 121 Å². The van der Waals surface area contributed by atoms with E-state index in [0.29, 0.717) is 32.5 Å². The van der Waals surface area contributed by atoms with Gasteiger partial charge in [0.25, 0.3) is 5.91 Å². The summed E-state index contributed by atoms with van der Waals surface area (Å²) in [5, 5.41) is 4.05. The zero-order valence-corrected chi connectivity index (χ0v) is 21.0. The topological polar surface area (TPSA) is 72.0 Å². The van der Waals surface area contributed by atoms with Crippen molar-refractivity contribution >= 4 is 39.1 Å². The van der Waals surface area contributed by atoms with Crippen molar-refractivity contribution in [1.82, 2.24) is 9.97 Å². The Kier molecular flexibility index (Phi) is 6.30. The molecule has 0 aliphatic carbocycles. The van der Waals surface area contributed by atoms with E-state index in [1.165, 1.54) is 11.3 Å². The second kappa shape index (κ2) is 10.2. The van der Waals surface area contributed by atoms with Gasteiger partial charge in [-0.05, 0) is 12.1 Å². The highest BCUT2D eigenvalue weighted by molar-refractivity contribution is 7.18. The molecular weight excluding hydrogens is 490 g/mol. The SMILES string of the molecule is O=C(c1ccccc1)c1sc(NC(=O)c2cc(-c3ccccc3)nc3ccccc23)nc1-c1ccccc1. The number of hydrogen-bond donors (Lipinski definition) is 1. The van der Waals surface area contributed by atoms with Gasteiger partial charge in [0.15, 0.2) is 5.13 Å². The van der Waals surface area contributed by atoms with Gasteiger partial charge in [-0.2, -0.15) is 0 Å². The van der Waals surface area contributed by atoms with Gasteiger partial charge < -0.3 is 0 Å². The number of rotatable bonds is 6. The predicted octanol–water partition coefficient (Wildman–Crippen LogP) is 7.51. The maximum absolute atomic E-state index is 13.7. The van der Waals surface area contributed by atoms with Crippen LogP contribution in [-0.2, 0) is 0 Å². The monoisotopic (exact) mass is 511 g/mol. The van der Waals surface area contributed by atoms with Crippen LogP contribution in [0.4, 0.5) is 5.13 Å². The van der Waals surface area contributed by atoms with E-state index in [9.17, 15) is 9.59 Å². The molecule has 0 aliphatic heterocycles. The first-order valence-electron chi connectivity index (χ1n) is 12.1. The number of aromatic nitrogens is 2. The zero-order chi connectivity index (χ0) is 25.9. The summed E-state index contributed by atoms with van der Waals surface area (Å²) in [4.78, 5) is 37.0. The number of para-hydroxylation sites is 1. The minimum absolute atomic E-state index is 0.136. The molecule has 2 aromatic heterocycles. The minimum Gasteiger partial charge on any atom is -0.298 e. The average Bonchev–Trinajstić information content (AvgIpc) is 3.41. The highest BCUT2D eigenvalue weighted by Gasteiger charge is 2.23. The molecule has 0 fully saturated rings. The molecule has 4 aromatic carbocycles. The quantitative estimate of drug-likeness (QED) is 0.235. The van der Waals surface area contributed by atoms with Gasteiger partial charge in [-0.3, -0.25) is 14.9 Å². The molecule has 1 amide bonds. The summed E-state index contributed by atoms with van der Waals surface area (Å²) in [6.45, 7) is 0. The van der Waals surface area contributed by atoms with E-state index in [2.05, 4.69) is 5.32 Å². The fourth-order valence-corrected chi connectivity index (χ4v) is 5.27. The lowest BCUT2D eigenvalue weighted by atomic mass is 10.0. The van der Waals surface area contributed by atoms with E-state index in [-0.39, 0.29) is 11.7 Å². The third-order valence-corrected chi connectivity index (χ3v) is 7.14. The Morgan fingerprint density at radius 3 is 1.97 bits per heavy atom. The molecule has 6 heteroatoms. The second-order valence-corrected chi connectivity index (χ2v) is 9.65. The number of fused-ring (bicyclic) bond motifs is 1. The first-order chi connectivity index (χ1) is 18.7. The first-order valence-corrected chi connectivity index (χ1v) is 12.9. The van der Waals surface area contributed by atoms with Crippen molar-refractivity contribution in [3.8, 4) is 22.5 Å². The van der Waals surface area contributed by atoms with Crippen LogP contribution < -0.4 is 5.32 Å². The van der Waals surface area contributed by atoms with Crippen molar-refractivity contribution in [3.63, 3.8) is 0 Å². The number of thiazole rings is 1. The fraction of sp³-hybridized carbons (Fsp3) is 0. The van der Waals surface area contributed by atoms with Crippen molar-refractivity contribution < 1.29 is 9.59 Å². The molecule has 1 N–H and O–H groups in total. The summed E-state index contributed by atoms with van der Waals surface area (Å²) in [6.07, 6.45) is 0. The van der Waals surface area contributed by atoms with Gasteiger partial charge in [-0.1, -0.05) is 121 Å². The molecule has 6 aromatic rings. The van der Waals surface area contributed by atoms with Gasteiger partial charge in [-0.25, -0.2) is 9.97 Å². The lowest BCUT2D eigenvalue weighted by Gasteiger charge is -2.09. The predicted molar refractivity (Wildman–Crippen MR) is 153 cm³/mol. The Bertz CT molecular complexity index is 1770. The van der Waals surface area contributed by atoms with Gasteiger partial charge in [0.2, 0.25) is 5.78 Å². The van der Waals surface area contributed by atoms with E-state index in [1.54, 1.807) is 18.2 Å². The Hall–Kier alpha value is -4.94. The van der Waals surface area contributed by atoms with Crippen molar-refractivity contribution in [2.75, 3.05) is 5.32 Å². The van der Waals surface area contributed by atoms with Crippen LogP contribution in [0.25, 0.3) is 33.4 Å². The van der Waals surface area contributed by atoms with E-state index >= 15 is 0 Å². The number of ketones is 1. The molecule has 0 radical (unpaired) electrons. The molecule has 0 saturated carbocycles. The number of nitrogens with one attached hydrogen (secondary N) is 1. The number of nitrogens with zero attached hydrogens (tertiary/aromatic N) is 2. The molecule has 0 unspecified atom stereocenters. The second-order valence-electron chi connectivity index (χ2n) is 8.65. The third-order valence-electron chi connectivity index (χ3n) is 6.17. The Labute approximate surface area is 223 Å². The van der Waals surface area contributed by atoms with Crippen molar-refractivity contribution in [1.29, 1.82) is 0 Å². The van der Waals surface area contributed by atoms with E-state index in [0.717, 1.165) is 22.0 Å². The van der Waals surface area contributed by atoms with Crippen LogP contribution in [0.2, 0.25) is 0 Å². The van der Waals surface area contributed by atoms with Gasteiger partial charge in [0.05, 0.1) is 22.5 Å². The Morgan fingerprint density at radius 1 is 0.658 bits per heavy atom. The number of pyridine rings is 1. The molecule has 38 heavy (non-hydrogen) atoms. The average molecular weight is 512 g/mol. The molecule has 0 spiro atoms. The molecule has 182 valence electrons. The highest BCUT2D eigenvalue weighted by Crippen LogP contribution is 2.34. The van der Waals surface area contributed by atoms with Gasteiger partial charge in [0.1, 0.15) is 4.88 Å². The van der Waals surface area contributed by atoms with Crippen LogP contribution >= 0.6 is 11.3 Å². The summed E-state index contributed by atoms with van der Waals surface area (Å²) in [5.74, 6) is -0.448. The van der Waals surface area contributed by atoms with E-state index < -0.39 is 0 Å². The summed E-state index contributed by atoms with van der Waals surface area (Å²) in [5.41, 5.74) is 4.76. The molecular formula is C32H21N3O2S. The van der Waals surface area contributed by atoms with Crippen molar-refractivity contribution in [3.05, 3.63) is 137 Å². The minimum atomic E-state index is -0.312. The summed E-state index contributed by atoms with van der Waals surface area (Å²) < 4.78 is 0. The summed E-state index contributed by atoms with van der Waals surface area (Å²) in [6, 6.07) is 37.8. The van der Waals surface area contributed by atoms with Crippen LogP contribution in [-0.4, -0.2) is 21.7 Å². The molecule has 0 bridgehead atoms. The molecule has 2 heterocycles. The van der Waals surface area contributed by atoms with Gasteiger partial charge in [0, 0.05) is 22.1 Å². The van der Waals surface area contributed by atoms with E-state index in [4.69, 9.17) is 9.97 Å². The first kappa shape index (κ1) is 23.5.